The van der Waals surface area contributed by atoms with Crippen LogP contribution in [-0.2, 0) is 0 Å². The Bertz CT molecular complexity index is 356. The molecule has 0 fully saturated rings. The molecule has 1 aromatic rings. The van der Waals surface area contributed by atoms with Gasteiger partial charge in [-0.25, -0.2) is 9.78 Å². The summed E-state index contributed by atoms with van der Waals surface area (Å²) in [5, 5.41) is 11.6. The lowest BCUT2D eigenvalue weighted by atomic mass is 10.3. The zero-order valence-corrected chi connectivity index (χ0v) is 10.7. The summed E-state index contributed by atoms with van der Waals surface area (Å²) in [6, 6.07) is 2.99. The Morgan fingerprint density at radius 3 is 2.88 bits per heavy atom. The highest BCUT2D eigenvalue weighted by Gasteiger charge is 2.14. The lowest BCUT2D eigenvalue weighted by Crippen LogP contribution is -2.40. The number of likely N-dealkylation sites (N-methyl/N-ethyl adjacent to an activating group) is 1. The zero-order valence-electron chi connectivity index (χ0n) is 9.14. The second kappa shape index (κ2) is 5.81. The minimum Gasteiger partial charge on any atom is -0.394 e. The molecule has 0 radical (unpaired) electrons. The molecule has 5 nitrogen and oxygen atoms in total. The normalized spacial score (nSPS) is 12.0. The number of rotatable bonds is 3. The van der Waals surface area contributed by atoms with Gasteiger partial charge in [-0.15, -0.1) is 0 Å². The van der Waals surface area contributed by atoms with E-state index in [4.69, 9.17) is 5.11 Å². The van der Waals surface area contributed by atoms with Crippen molar-refractivity contribution in [1.29, 1.82) is 0 Å². The lowest BCUT2D eigenvalue weighted by Gasteiger charge is -2.23. The van der Waals surface area contributed by atoms with Gasteiger partial charge in [-0.2, -0.15) is 0 Å². The maximum absolute atomic E-state index is 11.7. The van der Waals surface area contributed by atoms with Crippen molar-refractivity contribution < 1.29 is 9.90 Å². The summed E-state index contributed by atoms with van der Waals surface area (Å²) in [6.07, 6.45) is 1.55. The number of amides is 2. The Hall–Kier alpha value is -1.14. The number of urea groups is 1. The van der Waals surface area contributed by atoms with Crippen molar-refractivity contribution in [2.75, 3.05) is 19.0 Å². The Labute approximate surface area is 103 Å². The number of aliphatic hydroxyl groups excluding tert-OH is 1. The third-order valence-electron chi connectivity index (χ3n) is 2.22. The first-order valence-corrected chi connectivity index (χ1v) is 5.60. The Kier molecular flexibility index (Phi) is 4.70. The van der Waals surface area contributed by atoms with Crippen molar-refractivity contribution in [3.63, 3.8) is 0 Å². The number of hydrogen-bond acceptors (Lipinski definition) is 3. The molecule has 2 N–H and O–H groups in total. The first-order chi connectivity index (χ1) is 7.54. The monoisotopic (exact) mass is 287 g/mol. The Morgan fingerprint density at radius 2 is 2.38 bits per heavy atom. The minimum atomic E-state index is -0.273. The summed E-state index contributed by atoms with van der Waals surface area (Å²) in [5.74, 6) is 0. The van der Waals surface area contributed by atoms with Crippen LogP contribution in [0.3, 0.4) is 0 Å². The van der Waals surface area contributed by atoms with E-state index in [1.165, 1.54) is 4.90 Å². The molecule has 1 unspecified atom stereocenters. The molecule has 0 saturated heterocycles. The van der Waals surface area contributed by atoms with Crippen molar-refractivity contribution in [3.8, 4) is 0 Å². The number of carbonyl (C=O) groups excluding carboxylic acids is 1. The number of carbonyl (C=O) groups is 1. The fraction of sp³-hybridized carbons (Fsp3) is 0.400. The predicted molar refractivity (Wildman–Crippen MR) is 65.3 cm³/mol. The van der Waals surface area contributed by atoms with Gasteiger partial charge in [-0.05, 0) is 35.0 Å². The number of nitrogens with one attached hydrogen (secondary N) is 1. The molecular weight excluding hydrogens is 274 g/mol. The second-order valence-corrected chi connectivity index (χ2v) is 4.25. The highest BCUT2D eigenvalue weighted by atomic mass is 79.9. The summed E-state index contributed by atoms with van der Waals surface area (Å²) in [5.41, 5.74) is 0.616. The molecule has 16 heavy (non-hydrogen) atoms. The van der Waals surface area contributed by atoms with E-state index in [9.17, 15) is 4.79 Å². The average molecular weight is 288 g/mol. The molecule has 0 aliphatic heterocycles. The van der Waals surface area contributed by atoms with E-state index >= 15 is 0 Å². The molecule has 0 spiro atoms. The van der Waals surface area contributed by atoms with E-state index in [1.807, 2.05) is 0 Å². The predicted octanol–water partition coefficient (Wildman–Crippen LogP) is 1.69. The maximum Gasteiger partial charge on any atom is 0.321 e. The molecule has 0 aliphatic carbocycles. The molecule has 0 saturated carbocycles. The molecule has 1 rings (SSSR count). The van der Waals surface area contributed by atoms with Crippen LogP contribution in [0.5, 0.6) is 0 Å². The SMILES string of the molecule is CC(CO)N(C)C(=O)Nc1ccc(Br)nc1. The largest absolute Gasteiger partial charge is 0.394 e. The highest BCUT2D eigenvalue weighted by Crippen LogP contribution is 2.11. The number of halogens is 1. The summed E-state index contributed by atoms with van der Waals surface area (Å²) in [6.45, 7) is 1.70. The van der Waals surface area contributed by atoms with Gasteiger partial charge in [0.1, 0.15) is 4.60 Å². The van der Waals surface area contributed by atoms with Crippen molar-refractivity contribution in [3.05, 3.63) is 22.9 Å². The average Bonchev–Trinajstić information content (AvgIpc) is 2.30. The van der Waals surface area contributed by atoms with Gasteiger partial charge in [0.25, 0.3) is 0 Å². The third-order valence-corrected chi connectivity index (χ3v) is 2.69. The van der Waals surface area contributed by atoms with Gasteiger partial charge in [0.05, 0.1) is 24.5 Å². The van der Waals surface area contributed by atoms with Crippen molar-refractivity contribution in [2.45, 2.75) is 13.0 Å². The van der Waals surface area contributed by atoms with Crippen LogP contribution in [0.25, 0.3) is 0 Å². The fourth-order valence-corrected chi connectivity index (χ4v) is 1.22. The molecule has 2 amide bonds. The van der Waals surface area contributed by atoms with Gasteiger partial charge in [-0.3, -0.25) is 0 Å². The van der Waals surface area contributed by atoms with Gasteiger partial charge >= 0.3 is 6.03 Å². The number of pyridine rings is 1. The minimum absolute atomic E-state index is 0.0670. The van der Waals surface area contributed by atoms with Gasteiger partial charge < -0.3 is 15.3 Å². The van der Waals surface area contributed by atoms with Crippen LogP contribution < -0.4 is 5.32 Å². The number of aromatic nitrogens is 1. The summed E-state index contributed by atoms with van der Waals surface area (Å²) in [7, 11) is 1.63. The van der Waals surface area contributed by atoms with Crippen LogP contribution in [0.2, 0.25) is 0 Å². The van der Waals surface area contributed by atoms with Crippen LogP contribution in [0.4, 0.5) is 10.5 Å². The second-order valence-electron chi connectivity index (χ2n) is 3.44. The quantitative estimate of drug-likeness (QED) is 0.832. The molecule has 1 aromatic heterocycles. The van der Waals surface area contributed by atoms with Gasteiger partial charge in [0.15, 0.2) is 0 Å². The van der Waals surface area contributed by atoms with Gasteiger partial charge in [0, 0.05) is 7.05 Å². The van der Waals surface area contributed by atoms with Crippen molar-refractivity contribution >= 4 is 27.6 Å². The van der Waals surface area contributed by atoms with E-state index in [0.717, 1.165) is 0 Å². The summed E-state index contributed by atoms with van der Waals surface area (Å²) in [4.78, 5) is 17.1. The first-order valence-electron chi connectivity index (χ1n) is 4.81. The topological polar surface area (TPSA) is 65.5 Å². The van der Waals surface area contributed by atoms with Crippen LogP contribution in [0.15, 0.2) is 22.9 Å². The standard InChI is InChI=1S/C10H14BrN3O2/c1-7(6-15)14(2)10(16)13-8-3-4-9(11)12-5-8/h3-5,7,15H,6H2,1-2H3,(H,13,16). The molecule has 88 valence electrons. The van der Waals surface area contributed by atoms with E-state index in [2.05, 4.69) is 26.2 Å². The number of aliphatic hydroxyl groups is 1. The van der Waals surface area contributed by atoms with Crippen LogP contribution >= 0.6 is 15.9 Å². The van der Waals surface area contributed by atoms with E-state index < -0.39 is 0 Å². The lowest BCUT2D eigenvalue weighted by molar-refractivity contribution is 0.166. The maximum atomic E-state index is 11.7. The van der Waals surface area contributed by atoms with E-state index in [-0.39, 0.29) is 18.7 Å². The molecule has 0 aliphatic rings. The number of nitrogens with zero attached hydrogens (tertiary/aromatic N) is 2. The number of anilines is 1. The summed E-state index contributed by atoms with van der Waals surface area (Å²) < 4.78 is 0.711. The van der Waals surface area contributed by atoms with Crippen LogP contribution in [0.1, 0.15) is 6.92 Å². The molecule has 6 heteroatoms. The zero-order chi connectivity index (χ0) is 12.1. The smallest absolute Gasteiger partial charge is 0.321 e. The van der Waals surface area contributed by atoms with E-state index in [1.54, 1.807) is 32.3 Å². The first kappa shape index (κ1) is 12.9. The van der Waals surface area contributed by atoms with Crippen LogP contribution in [-0.4, -0.2) is 40.7 Å². The van der Waals surface area contributed by atoms with Crippen molar-refractivity contribution in [1.82, 2.24) is 9.88 Å². The highest BCUT2D eigenvalue weighted by molar-refractivity contribution is 9.10. The van der Waals surface area contributed by atoms with Gasteiger partial charge in [-0.1, -0.05) is 0 Å². The molecule has 1 atom stereocenters. The Morgan fingerprint density at radius 1 is 1.69 bits per heavy atom. The third kappa shape index (κ3) is 3.46. The van der Waals surface area contributed by atoms with Crippen LogP contribution in [0, 0.1) is 0 Å². The van der Waals surface area contributed by atoms with E-state index in [0.29, 0.717) is 10.3 Å². The summed E-state index contributed by atoms with van der Waals surface area (Å²) >= 11 is 3.21. The van der Waals surface area contributed by atoms with Crippen molar-refractivity contribution in [2.24, 2.45) is 0 Å². The fourth-order valence-electron chi connectivity index (χ4n) is 0.984. The molecule has 1 heterocycles. The molecule has 0 bridgehead atoms. The molecule has 0 aromatic carbocycles. The Balaban J connectivity index is 2.60. The molecular formula is C10H14BrN3O2. The van der Waals surface area contributed by atoms with Gasteiger partial charge in [0.2, 0.25) is 0 Å². The number of hydrogen-bond donors (Lipinski definition) is 2.